The van der Waals surface area contributed by atoms with E-state index in [1.165, 1.54) is 0 Å². The van der Waals surface area contributed by atoms with E-state index in [0.29, 0.717) is 11.0 Å². The Morgan fingerprint density at radius 2 is 2.25 bits per heavy atom. The molecule has 0 aliphatic rings. The predicted octanol–water partition coefficient (Wildman–Crippen LogP) is 2.15. The Balaban J connectivity index is 3.09. The fourth-order valence-electron chi connectivity index (χ4n) is 1.07. The van der Waals surface area contributed by atoms with Gasteiger partial charge >= 0.3 is 0 Å². The van der Waals surface area contributed by atoms with Crippen molar-refractivity contribution in [2.24, 2.45) is 0 Å². The van der Waals surface area contributed by atoms with Crippen molar-refractivity contribution in [3.05, 3.63) is 29.3 Å². The molecule has 0 saturated heterocycles. The number of nitrogens with two attached hydrogens (primary N) is 1. The number of hydrogen-bond acceptors (Lipinski definition) is 2. The quantitative estimate of drug-likeness (QED) is 0.478. The molecule has 3 heteroatoms. The zero-order valence-electron chi connectivity index (χ0n) is 6.80. The van der Waals surface area contributed by atoms with Crippen molar-refractivity contribution in [2.75, 3.05) is 11.1 Å². The van der Waals surface area contributed by atoms with E-state index in [2.05, 4.69) is 15.9 Å². The molecule has 0 unspecified atom stereocenters. The number of hydrogen-bond donors (Lipinski definition) is 1. The van der Waals surface area contributed by atoms with Crippen molar-refractivity contribution in [2.45, 2.75) is 6.92 Å². The SMILES string of the molecule is Cc1cc(N)ccc1C(=O)CBr. The number of halogens is 1. The van der Waals surface area contributed by atoms with Crippen LogP contribution in [0.1, 0.15) is 15.9 Å². The van der Waals surface area contributed by atoms with Gasteiger partial charge < -0.3 is 5.73 Å². The van der Waals surface area contributed by atoms with E-state index >= 15 is 0 Å². The zero-order chi connectivity index (χ0) is 9.14. The molecule has 64 valence electrons. The van der Waals surface area contributed by atoms with Crippen LogP contribution in [-0.2, 0) is 0 Å². The fraction of sp³-hybridized carbons (Fsp3) is 0.222. The lowest BCUT2D eigenvalue weighted by atomic mass is 10.1. The molecule has 0 bridgehead atoms. The van der Waals surface area contributed by atoms with Gasteiger partial charge in [-0.25, -0.2) is 0 Å². The topological polar surface area (TPSA) is 43.1 Å². The molecule has 0 amide bonds. The van der Waals surface area contributed by atoms with Crippen LogP contribution in [-0.4, -0.2) is 11.1 Å². The van der Waals surface area contributed by atoms with Crippen molar-refractivity contribution < 1.29 is 4.79 Å². The van der Waals surface area contributed by atoms with Crippen LogP contribution >= 0.6 is 15.9 Å². The highest BCUT2D eigenvalue weighted by atomic mass is 79.9. The molecule has 0 saturated carbocycles. The Hall–Kier alpha value is -0.830. The minimum Gasteiger partial charge on any atom is -0.399 e. The van der Waals surface area contributed by atoms with Crippen LogP contribution in [0, 0.1) is 6.92 Å². The van der Waals surface area contributed by atoms with Gasteiger partial charge in [0.25, 0.3) is 0 Å². The van der Waals surface area contributed by atoms with Crippen molar-refractivity contribution in [3.8, 4) is 0 Å². The predicted molar refractivity (Wildman–Crippen MR) is 53.7 cm³/mol. The van der Waals surface area contributed by atoms with Crippen LogP contribution in [0.2, 0.25) is 0 Å². The van der Waals surface area contributed by atoms with Crippen LogP contribution in [0.3, 0.4) is 0 Å². The molecule has 0 aliphatic carbocycles. The summed E-state index contributed by atoms with van der Waals surface area (Å²) in [5, 5.41) is 0.359. The monoisotopic (exact) mass is 227 g/mol. The van der Waals surface area contributed by atoms with Gasteiger partial charge in [-0.05, 0) is 30.7 Å². The first-order chi connectivity index (χ1) is 5.65. The summed E-state index contributed by atoms with van der Waals surface area (Å²) in [6.45, 7) is 1.88. The Morgan fingerprint density at radius 1 is 1.58 bits per heavy atom. The van der Waals surface area contributed by atoms with Gasteiger partial charge in [-0.1, -0.05) is 15.9 Å². The van der Waals surface area contributed by atoms with Gasteiger partial charge in [0.15, 0.2) is 5.78 Å². The Morgan fingerprint density at radius 3 is 2.75 bits per heavy atom. The smallest absolute Gasteiger partial charge is 0.173 e. The number of aryl methyl sites for hydroxylation is 1. The molecule has 0 radical (unpaired) electrons. The highest BCUT2D eigenvalue weighted by Crippen LogP contribution is 2.13. The van der Waals surface area contributed by atoms with Gasteiger partial charge in [-0.2, -0.15) is 0 Å². The summed E-state index contributed by atoms with van der Waals surface area (Å²) < 4.78 is 0. The Kier molecular flexibility index (Phi) is 2.87. The lowest BCUT2D eigenvalue weighted by molar-refractivity contribution is 0.102. The van der Waals surface area contributed by atoms with Gasteiger partial charge in [-0.15, -0.1) is 0 Å². The van der Waals surface area contributed by atoms with Gasteiger partial charge in [0, 0.05) is 11.3 Å². The summed E-state index contributed by atoms with van der Waals surface area (Å²) in [7, 11) is 0. The number of carbonyl (C=O) groups is 1. The van der Waals surface area contributed by atoms with E-state index in [1.54, 1.807) is 18.2 Å². The second-order valence-electron chi connectivity index (χ2n) is 2.63. The van der Waals surface area contributed by atoms with E-state index < -0.39 is 0 Å². The number of Topliss-reactive ketones (excluding diaryl/α,β-unsaturated/α-hetero) is 1. The van der Waals surface area contributed by atoms with Gasteiger partial charge in [0.05, 0.1) is 5.33 Å². The number of anilines is 1. The fourth-order valence-corrected chi connectivity index (χ4v) is 1.37. The molecule has 0 spiro atoms. The maximum Gasteiger partial charge on any atom is 0.173 e. The third-order valence-electron chi connectivity index (χ3n) is 1.67. The zero-order valence-corrected chi connectivity index (χ0v) is 8.39. The Labute approximate surface area is 79.9 Å². The van der Waals surface area contributed by atoms with Crippen molar-refractivity contribution >= 4 is 27.4 Å². The van der Waals surface area contributed by atoms with Crippen molar-refractivity contribution in [1.29, 1.82) is 0 Å². The number of alkyl halides is 1. The molecule has 0 fully saturated rings. The normalized spacial score (nSPS) is 9.83. The Bertz CT molecular complexity index is 309. The molecule has 12 heavy (non-hydrogen) atoms. The van der Waals surface area contributed by atoms with Crippen LogP contribution in [0.25, 0.3) is 0 Å². The third-order valence-corrected chi connectivity index (χ3v) is 2.18. The maximum atomic E-state index is 11.3. The molecule has 2 N–H and O–H groups in total. The highest BCUT2D eigenvalue weighted by molar-refractivity contribution is 9.09. The average molecular weight is 228 g/mol. The number of carbonyl (C=O) groups excluding carboxylic acids is 1. The minimum absolute atomic E-state index is 0.0903. The van der Waals surface area contributed by atoms with Crippen LogP contribution in [0.15, 0.2) is 18.2 Å². The second-order valence-corrected chi connectivity index (χ2v) is 3.19. The molecule has 1 aromatic rings. The van der Waals surface area contributed by atoms with Gasteiger partial charge in [0.2, 0.25) is 0 Å². The first-order valence-electron chi connectivity index (χ1n) is 3.60. The molecule has 1 rings (SSSR count). The molecular formula is C9H10BrNO. The first kappa shape index (κ1) is 9.26. The summed E-state index contributed by atoms with van der Waals surface area (Å²) in [6.07, 6.45) is 0. The number of benzene rings is 1. The molecular weight excluding hydrogens is 218 g/mol. The first-order valence-corrected chi connectivity index (χ1v) is 4.72. The van der Waals surface area contributed by atoms with Gasteiger partial charge in [-0.3, -0.25) is 4.79 Å². The van der Waals surface area contributed by atoms with Crippen molar-refractivity contribution in [1.82, 2.24) is 0 Å². The average Bonchev–Trinajstić information content (AvgIpc) is 2.03. The summed E-state index contributed by atoms with van der Waals surface area (Å²) >= 11 is 3.12. The molecule has 2 nitrogen and oxygen atoms in total. The summed E-state index contributed by atoms with van der Waals surface area (Å²) in [5.41, 5.74) is 7.91. The maximum absolute atomic E-state index is 11.3. The van der Waals surface area contributed by atoms with E-state index in [0.717, 1.165) is 11.1 Å². The lowest BCUT2D eigenvalue weighted by Gasteiger charge is -2.02. The molecule has 0 aliphatic heterocycles. The number of nitrogen functional groups attached to an aromatic ring is 1. The standard InChI is InChI=1S/C9H10BrNO/c1-6-4-7(11)2-3-8(6)9(12)5-10/h2-4H,5,11H2,1H3. The second kappa shape index (κ2) is 3.72. The third kappa shape index (κ3) is 1.85. The molecule has 0 heterocycles. The summed E-state index contributed by atoms with van der Waals surface area (Å²) in [4.78, 5) is 11.3. The van der Waals surface area contributed by atoms with E-state index in [-0.39, 0.29) is 5.78 Å². The molecule has 1 aromatic carbocycles. The van der Waals surface area contributed by atoms with Crippen molar-refractivity contribution in [3.63, 3.8) is 0 Å². The van der Waals surface area contributed by atoms with Crippen LogP contribution in [0.5, 0.6) is 0 Å². The van der Waals surface area contributed by atoms with Crippen LogP contribution < -0.4 is 5.73 Å². The van der Waals surface area contributed by atoms with Crippen LogP contribution in [0.4, 0.5) is 5.69 Å². The van der Waals surface area contributed by atoms with Gasteiger partial charge in [0.1, 0.15) is 0 Å². The van der Waals surface area contributed by atoms with E-state index in [4.69, 9.17) is 5.73 Å². The minimum atomic E-state index is 0.0903. The number of ketones is 1. The van der Waals surface area contributed by atoms with E-state index in [1.807, 2.05) is 6.92 Å². The molecule has 0 atom stereocenters. The largest absolute Gasteiger partial charge is 0.399 e. The highest BCUT2D eigenvalue weighted by Gasteiger charge is 2.06. The molecule has 0 aromatic heterocycles. The summed E-state index contributed by atoms with van der Waals surface area (Å²) in [6, 6.07) is 5.30. The lowest BCUT2D eigenvalue weighted by Crippen LogP contribution is -2.02. The van der Waals surface area contributed by atoms with E-state index in [9.17, 15) is 4.79 Å². The number of rotatable bonds is 2. The summed E-state index contributed by atoms with van der Waals surface area (Å²) in [5.74, 6) is 0.0903.